The molecule has 1 aliphatic heterocycles. The van der Waals surface area contributed by atoms with Crippen LogP contribution in [-0.4, -0.2) is 28.1 Å². The molecule has 1 amide bonds. The van der Waals surface area contributed by atoms with Gasteiger partial charge in [0, 0.05) is 12.2 Å². The third-order valence-corrected chi connectivity index (χ3v) is 2.85. The molecule has 4 heteroatoms. The molecule has 1 aliphatic rings. The van der Waals surface area contributed by atoms with E-state index >= 15 is 0 Å². The number of aromatic nitrogens is 1. The van der Waals surface area contributed by atoms with Gasteiger partial charge in [-0.05, 0) is 32.9 Å². The van der Waals surface area contributed by atoms with Gasteiger partial charge in [0.05, 0.1) is 11.7 Å². The maximum absolute atomic E-state index is 11.7. The SMILES string of the molecule is CC(C)N1C(=O)O[C@H](c2ccccn2)[C@@H]1C. The Morgan fingerprint density at radius 2 is 2.19 bits per heavy atom. The summed E-state index contributed by atoms with van der Waals surface area (Å²) in [6, 6.07) is 5.82. The molecule has 2 atom stereocenters. The number of nitrogens with zero attached hydrogens (tertiary/aromatic N) is 2. The Hall–Kier alpha value is -1.58. The Kier molecular flexibility index (Phi) is 2.81. The Labute approximate surface area is 95.2 Å². The number of cyclic esters (lactones) is 1. The monoisotopic (exact) mass is 220 g/mol. The van der Waals surface area contributed by atoms with Crippen LogP contribution in [0.25, 0.3) is 0 Å². The molecule has 0 bridgehead atoms. The molecule has 1 aromatic rings. The second-order valence-electron chi connectivity index (χ2n) is 4.30. The van der Waals surface area contributed by atoms with Crippen LogP contribution in [0, 0.1) is 0 Å². The van der Waals surface area contributed by atoms with E-state index in [-0.39, 0.29) is 24.3 Å². The second-order valence-corrected chi connectivity index (χ2v) is 4.30. The van der Waals surface area contributed by atoms with Gasteiger partial charge in [0.1, 0.15) is 0 Å². The van der Waals surface area contributed by atoms with Crippen molar-refractivity contribution < 1.29 is 9.53 Å². The van der Waals surface area contributed by atoms with E-state index < -0.39 is 0 Å². The lowest BCUT2D eigenvalue weighted by Gasteiger charge is -2.23. The van der Waals surface area contributed by atoms with Gasteiger partial charge < -0.3 is 4.74 Å². The fourth-order valence-corrected chi connectivity index (χ4v) is 2.11. The van der Waals surface area contributed by atoms with E-state index in [2.05, 4.69) is 4.98 Å². The highest BCUT2D eigenvalue weighted by molar-refractivity contribution is 5.71. The lowest BCUT2D eigenvalue weighted by molar-refractivity contribution is 0.127. The number of pyridine rings is 1. The highest BCUT2D eigenvalue weighted by Crippen LogP contribution is 2.32. The van der Waals surface area contributed by atoms with Crippen LogP contribution in [0.3, 0.4) is 0 Å². The number of rotatable bonds is 2. The molecule has 2 rings (SSSR count). The Bertz CT molecular complexity index is 378. The fourth-order valence-electron chi connectivity index (χ4n) is 2.11. The van der Waals surface area contributed by atoms with Crippen LogP contribution < -0.4 is 0 Å². The first-order valence-electron chi connectivity index (χ1n) is 5.51. The first kappa shape index (κ1) is 10.9. The molecule has 0 radical (unpaired) electrons. The zero-order chi connectivity index (χ0) is 11.7. The highest BCUT2D eigenvalue weighted by atomic mass is 16.6. The third kappa shape index (κ3) is 1.75. The van der Waals surface area contributed by atoms with Crippen LogP contribution in [0.4, 0.5) is 4.79 Å². The largest absolute Gasteiger partial charge is 0.437 e. The topological polar surface area (TPSA) is 42.4 Å². The van der Waals surface area contributed by atoms with Crippen molar-refractivity contribution in [3.05, 3.63) is 30.1 Å². The van der Waals surface area contributed by atoms with Gasteiger partial charge in [0.2, 0.25) is 0 Å². The molecule has 0 saturated carbocycles. The summed E-state index contributed by atoms with van der Waals surface area (Å²) in [4.78, 5) is 17.7. The van der Waals surface area contributed by atoms with Crippen LogP contribution in [0.5, 0.6) is 0 Å². The standard InChI is InChI=1S/C12H16N2O2/c1-8(2)14-9(3)11(16-12(14)15)10-6-4-5-7-13-10/h4-9,11H,1-3H3/t9-,11-/m0/s1. The minimum absolute atomic E-state index is 0.0300. The average Bonchev–Trinajstić information content (AvgIpc) is 2.55. The first-order valence-corrected chi connectivity index (χ1v) is 5.51. The quantitative estimate of drug-likeness (QED) is 0.768. The van der Waals surface area contributed by atoms with Gasteiger partial charge in [-0.2, -0.15) is 0 Å². The van der Waals surface area contributed by atoms with E-state index in [1.54, 1.807) is 11.1 Å². The smallest absolute Gasteiger partial charge is 0.411 e. The molecule has 1 saturated heterocycles. The molecule has 16 heavy (non-hydrogen) atoms. The van der Waals surface area contributed by atoms with Crippen LogP contribution in [0.1, 0.15) is 32.6 Å². The van der Waals surface area contributed by atoms with Crippen molar-refractivity contribution >= 4 is 6.09 Å². The van der Waals surface area contributed by atoms with E-state index in [0.717, 1.165) is 5.69 Å². The van der Waals surface area contributed by atoms with Crippen molar-refractivity contribution in [2.75, 3.05) is 0 Å². The van der Waals surface area contributed by atoms with Crippen LogP contribution in [-0.2, 0) is 4.74 Å². The summed E-state index contributed by atoms with van der Waals surface area (Å²) in [6.07, 6.45) is 1.21. The molecule has 0 spiro atoms. The third-order valence-electron chi connectivity index (χ3n) is 2.85. The molecule has 1 fully saturated rings. The molecule has 4 nitrogen and oxygen atoms in total. The lowest BCUT2D eigenvalue weighted by Crippen LogP contribution is -2.37. The predicted octanol–water partition coefficient (Wildman–Crippen LogP) is 2.37. The first-order chi connectivity index (χ1) is 7.61. The van der Waals surface area contributed by atoms with Gasteiger partial charge in [0.25, 0.3) is 0 Å². The number of carbonyl (C=O) groups excluding carboxylic acids is 1. The average molecular weight is 220 g/mol. The maximum Gasteiger partial charge on any atom is 0.411 e. The predicted molar refractivity (Wildman–Crippen MR) is 59.9 cm³/mol. The van der Waals surface area contributed by atoms with Crippen molar-refractivity contribution in [3.8, 4) is 0 Å². The Morgan fingerprint density at radius 1 is 1.44 bits per heavy atom. The Balaban J connectivity index is 2.24. The van der Waals surface area contributed by atoms with Crippen molar-refractivity contribution in [2.45, 2.75) is 39.0 Å². The van der Waals surface area contributed by atoms with E-state index in [1.807, 2.05) is 39.0 Å². The van der Waals surface area contributed by atoms with Gasteiger partial charge in [-0.3, -0.25) is 9.88 Å². The normalized spacial score (nSPS) is 25.0. The lowest BCUT2D eigenvalue weighted by atomic mass is 10.1. The molecule has 0 aromatic carbocycles. The minimum Gasteiger partial charge on any atom is -0.437 e. The zero-order valence-corrected chi connectivity index (χ0v) is 9.75. The number of hydrogen-bond acceptors (Lipinski definition) is 3. The molecule has 0 N–H and O–H groups in total. The van der Waals surface area contributed by atoms with Crippen molar-refractivity contribution in [3.63, 3.8) is 0 Å². The van der Waals surface area contributed by atoms with Gasteiger partial charge in [0.15, 0.2) is 6.10 Å². The maximum atomic E-state index is 11.7. The van der Waals surface area contributed by atoms with Gasteiger partial charge in [-0.15, -0.1) is 0 Å². The van der Waals surface area contributed by atoms with Gasteiger partial charge in [-0.1, -0.05) is 6.07 Å². The summed E-state index contributed by atoms with van der Waals surface area (Å²) in [5, 5.41) is 0. The number of amides is 1. The molecule has 2 heterocycles. The zero-order valence-electron chi connectivity index (χ0n) is 9.75. The van der Waals surface area contributed by atoms with E-state index in [1.165, 1.54) is 0 Å². The summed E-state index contributed by atoms with van der Waals surface area (Å²) in [5.74, 6) is 0. The molecular formula is C12H16N2O2. The Morgan fingerprint density at radius 3 is 2.69 bits per heavy atom. The van der Waals surface area contributed by atoms with Crippen molar-refractivity contribution in [1.82, 2.24) is 9.88 Å². The second kappa shape index (κ2) is 4.12. The molecular weight excluding hydrogens is 204 g/mol. The van der Waals surface area contributed by atoms with Crippen LogP contribution >= 0.6 is 0 Å². The number of ether oxygens (including phenoxy) is 1. The number of carbonyl (C=O) groups is 1. The number of hydrogen-bond donors (Lipinski definition) is 0. The van der Waals surface area contributed by atoms with Crippen molar-refractivity contribution in [2.24, 2.45) is 0 Å². The van der Waals surface area contributed by atoms with Gasteiger partial charge >= 0.3 is 6.09 Å². The minimum atomic E-state index is -0.254. The summed E-state index contributed by atoms with van der Waals surface area (Å²) in [5.41, 5.74) is 0.812. The summed E-state index contributed by atoms with van der Waals surface area (Å²) in [7, 11) is 0. The molecule has 86 valence electrons. The van der Waals surface area contributed by atoms with Crippen LogP contribution in [0.15, 0.2) is 24.4 Å². The molecule has 1 aromatic heterocycles. The van der Waals surface area contributed by atoms with E-state index in [4.69, 9.17) is 4.74 Å². The molecule has 0 aliphatic carbocycles. The van der Waals surface area contributed by atoms with E-state index in [0.29, 0.717) is 0 Å². The summed E-state index contributed by atoms with van der Waals surface area (Å²) in [6.45, 7) is 5.96. The van der Waals surface area contributed by atoms with E-state index in [9.17, 15) is 4.79 Å². The summed E-state index contributed by atoms with van der Waals surface area (Å²) >= 11 is 0. The van der Waals surface area contributed by atoms with Gasteiger partial charge in [-0.25, -0.2) is 4.79 Å². The van der Waals surface area contributed by atoms with Crippen molar-refractivity contribution in [1.29, 1.82) is 0 Å². The highest BCUT2D eigenvalue weighted by Gasteiger charge is 2.41. The molecule has 0 unspecified atom stereocenters. The fraction of sp³-hybridized carbons (Fsp3) is 0.500. The summed E-state index contributed by atoms with van der Waals surface area (Å²) < 4.78 is 5.36. The van der Waals surface area contributed by atoms with Crippen LogP contribution in [0.2, 0.25) is 0 Å².